The van der Waals surface area contributed by atoms with Gasteiger partial charge >= 0.3 is 12.6 Å². The second-order valence-corrected chi connectivity index (χ2v) is 5.42. The van der Waals surface area contributed by atoms with Crippen molar-refractivity contribution < 1.29 is 23.4 Å². The summed E-state index contributed by atoms with van der Waals surface area (Å²) in [6, 6.07) is 12.2. The first kappa shape index (κ1) is 16.2. The van der Waals surface area contributed by atoms with Crippen molar-refractivity contribution in [2.45, 2.75) is 25.2 Å². The third-order valence-electron chi connectivity index (χ3n) is 3.84. The summed E-state index contributed by atoms with van der Waals surface area (Å²) in [6.45, 7) is -2.99. The summed E-state index contributed by atoms with van der Waals surface area (Å²) in [7, 11) is 0. The predicted octanol–water partition coefficient (Wildman–Crippen LogP) is 3.07. The van der Waals surface area contributed by atoms with Gasteiger partial charge in [0.05, 0.1) is 17.8 Å². The number of anilines is 1. The molecule has 126 valence electrons. The Balaban J connectivity index is 1.71. The van der Waals surface area contributed by atoms with Crippen molar-refractivity contribution in [3.8, 4) is 5.75 Å². The molecule has 3 rings (SSSR count). The van der Waals surface area contributed by atoms with Gasteiger partial charge in [0.2, 0.25) is 0 Å². The third-order valence-corrected chi connectivity index (χ3v) is 3.84. The molecule has 2 aromatic carbocycles. The topological polar surface area (TPSA) is 70.6 Å². The molecular formula is C17H16F2N2O3. The lowest BCUT2D eigenvalue weighted by atomic mass is 10.1. The molecule has 0 aliphatic heterocycles. The Labute approximate surface area is 137 Å². The number of halogens is 2. The van der Waals surface area contributed by atoms with Crippen LogP contribution in [0.4, 0.5) is 19.3 Å². The van der Waals surface area contributed by atoms with E-state index in [0.29, 0.717) is 6.42 Å². The minimum absolute atomic E-state index is 0.121. The zero-order valence-electron chi connectivity index (χ0n) is 12.6. The van der Waals surface area contributed by atoms with Crippen molar-refractivity contribution >= 4 is 11.7 Å². The van der Waals surface area contributed by atoms with Gasteiger partial charge in [-0.2, -0.15) is 8.78 Å². The van der Waals surface area contributed by atoms with Crippen LogP contribution in [-0.4, -0.2) is 23.9 Å². The quantitative estimate of drug-likeness (QED) is 0.805. The van der Waals surface area contributed by atoms with Crippen molar-refractivity contribution in [1.82, 2.24) is 5.32 Å². The molecule has 2 amide bonds. The van der Waals surface area contributed by atoms with Crippen molar-refractivity contribution in [2.75, 3.05) is 5.32 Å². The van der Waals surface area contributed by atoms with Gasteiger partial charge in [-0.05, 0) is 23.3 Å². The number of hydrogen-bond donors (Lipinski definition) is 3. The number of amides is 2. The van der Waals surface area contributed by atoms with Gasteiger partial charge in [-0.25, -0.2) is 4.79 Å². The Morgan fingerprint density at radius 3 is 2.67 bits per heavy atom. The summed E-state index contributed by atoms with van der Waals surface area (Å²) in [5, 5.41) is 15.3. The SMILES string of the molecule is O=C(Nc1ccccc1OC(F)F)N[C@H]1c2ccccc2C[C@H]1O. The van der Waals surface area contributed by atoms with Crippen LogP contribution in [0, 0.1) is 0 Å². The summed E-state index contributed by atoms with van der Waals surface area (Å²) in [4.78, 5) is 12.2. The van der Waals surface area contributed by atoms with Crippen molar-refractivity contribution in [3.05, 3.63) is 59.7 Å². The lowest BCUT2D eigenvalue weighted by molar-refractivity contribution is -0.0493. The van der Waals surface area contributed by atoms with Crippen LogP contribution in [-0.2, 0) is 6.42 Å². The second kappa shape index (κ2) is 6.84. The van der Waals surface area contributed by atoms with Crippen molar-refractivity contribution in [3.63, 3.8) is 0 Å². The average molecular weight is 334 g/mol. The van der Waals surface area contributed by atoms with E-state index >= 15 is 0 Å². The van der Waals surface area contributed by atoms with Crippen molar-refractivity contribution in [2.24, 2.45) is 0 Å². The Kier molecular flexibility index (Phi) is 4.61. The van der Waals surface area contributed by atoms with Gasteiger partial charge in [-0.1, -0.05) is 36.4 Å². The summed E-state index contributed by atoms with van der Waals surface area (Å²) >= 11 is 0. The summed E-state index contributed by atoms with van der Waals surface area (Å²) in [5.74, 6) is -0.130. The van der Waals surface area contributed by atoms with E-state index in [2.05, 4.69) is 15.4 Å². The summed E-state index contributed by atoms with van der Waals surface area (Å²) < 4.78 is 29.2. The highest BCUT2D eigenvalue weighted by molar-refractivity contribution is 5.91. The third kappa shape index (κ3) is 3.46. The fourth-order valence-electron chi connectivity index (χ4n) is 2.82. The van der Waals surface area contributed by atoms with Crippen LogP contribution in [0.25, 0.3) is 0 Å². The van der Waals surface area contributed by atoms with E-state index in [1.54, 1.807) is 6.07 Å². The van der Waals surface area contributed by atoms with Gasteiger partial charge in [-0.15, -0.1) is 0 Å². The number of rotatable bonds is 4. The standard InChI is InChI=1S/C17H16F2N2O3/c18-16(19)24-14-8-4-3-7-12(14)20-17(23)21-15-11-6-2-1-5-10(11)9-13(15)22/h1-8,13,15-16,22H,9H2,(H2,20,21,23)/t13-,15+/m1/s1. The van der Waals surface area contributed by atoms with E-state index in [1.807, 2.05) is 24.3 Å². The molecule has 0 saturated heterocycles. The minimum Gasteiger partial charge on any atom is -0.433 e. The normalized spacial score (nSPS) is 19.0. The zero-order chi connectivity index (χ0) is 17.1. The first-order valence-electron chi connectivity index (χ1n) is 7.42. The summed E-state index contributed by atoms with van der Waals surface area (Å²) in [6.07, 6.45) is -0.285. The van der Waals surface area contributed by atoms with Crippen LogP contribution < -0.4 is 15.4 Å². The van der Waals surface area contributed by atoms with Crippen LogP contribution >= 0.6 is 0 Å². The number of aliphatic hydroxyl groups is 1. The molecule has 0 saturated carbocycles. The number of aliphatic hydroxyl groups excluding tert-OH is 1. The van der Waals surface area contributed by atoms with Gasteiger partial charge in [0.1, 0.15) is 5.75 Å². The maximum atomic E-state index is 12.4. The maximum Gasteiger partial charge on any atom is 0.387 e. The van der Waals surface area contributed by atoms with E-state index < -0.39 is 24.8 Å². The molecule has 5 nitrogen and oxygen atoms in total. The largest absolute Gasteiger partial charge is 0.433 e. The molecule has 2 aromatic rings. The van der Waals surface area contributed by atoms with Crippen LogP contribution in [0.5, 0.6) is 5.75 Å². The molecule has 1 aliphatic carbocycles. The highest BCUT2D eigenvalue weighted by Crippen LogP contribution is 2.31. The predicted molar refractivity (Wildman–Crippen MR) is 84.1 cm³/mol. The van der Waals surface area contributed by atoms with Gasteiger partial charge in [0, 0.05) is 6.42 Å². The van der Waals surface area contributed by atoms with E-state index in [0.717, 1.165) is 11.1 Å². The molecule has 0 radical (unpaired) electrons. The fraction of sp³-hybridized carbons (Fsp3) is 0.235. The zero-order valence-corrected chi connectivity index (χ0v) is 12.6. The van der Waals surface area contributed by atoms with Crippen molar-refractivity contribution in [1.29, 1.82) is 0 Å². The molecule has 2 atom stereocenters. The number of hydrogen-bond acceptors (Lipinski definition) is 3. The number of para-hydroxylation sites is 2. The van der Waals surface area contributed by atoms with Gasteiger partial charge in [0.25, 0.3) is 0 Å². The second-order valence-electron chi connectivity index (χ2n) is 5.42. The molecule has 24 heavy (non-hydrogen) atoms. The van der Waals surface area contributed by atoms with Crippen LogP contribution in [0.15, 0.2) is 48.5 Å². The lowest BCUT2D eigenvalue weighted by Gasteiger charge is -2.19. The maximum absolute atomic E-state index is 12.4. The molecular weight excluding hydrogens is 318 g/mol. The molecule has 0 bridgehead atoms. The molecule has 0 fully saturated rings. The van der Waals surface area contributed by atoms with E-state index in [9.17, 15) is 18.7 Å². The average Bonchev–Trinajstić information content (AvgIpc) is 2.85. The van der Waals surface area contributed by atoms with E-state index in [4.69, 9.17) is 0 Å². The minimum atomic E-state index is -2.99. The number of fused-ring (bicyclic) bond motifs is 1. The number of nitrogens with one attached hydrogen (secondary N) is 2. The molecule has 0 aromatic heterocycles. The molecule has 0 spiro atoms. The van der Waals surface area contributed by atoms with Gasteiger partial charge < -0.3 is 20.5 Å². The number of carbonyl (C=O) groups excluding carboxylic acids is 1. The van der Waals surface area contributed by atoms with Crippen LogP contribution in [0.1, 0.15) is 17.2 Å². The molecule has 1 aliphatic rings. The molecule has 7 heteroatoms. The fourth-order valence-corrected chi connectivity index (χ4v) is 2.82. The molecule has 0 unspecified atom stereocenters. The highest BCUT2D eigenvalue weighted by atomic mass is 19.3. The number of urea groups is 1. The molecule has 3 N–H and O–H groups in total. The van der Waals surface area contributed by atoms with Crippen LogP contribution in [0.3, 0.4) is 0 Å². The number of carbonyl (C=O) groups is 1. The van der Waals surface area contributed by atoms with Crippen LogP contribution in [0.2, 0.25) is 0 Å². The number of alkyl halides is 2. The van der Waals surface area contributed by atoms with E-state index in [-0.39, 0.29) is 11.4 Å². The van der Waals surface area contributed by atoms with Gasteiger partial charge in [-0.3, -0.25) is 0 Å². The number of benzene rings is 2. The first-order valence-corrected chi connectivity index (χ1v) is 7.42. The smallest absolute Gasteiger partial charge is 0.387 e. The Bertz CT molecular complexity index is 739. The Morgan fingerprint density at radius 1 is 1.17 bits per heavy atom. The van der Waals surface area contributed by atoms with Gasteiger partial charge in [0.15, 0.2) is 0 Å². The molecule has 0 heterocycles. The lowest BCUT2D eigenvalue weighted by Crippen LogP contribution is -2.36. The van der Waals surface area contributed by atoms with E-state index in [1.165, 1.54) is 18.2 Å². The summed E-state index contributed by atoms with van der Waals surface area (Å²) in [5.41, 5.74) is 1.94. The first-order chi connectivity index (χ1) is 11.5. The monoisotopic (exact) mass is 334 g/mol. The number of ether oxygens (including phenoxy) is 1. The Hall–Kier alpha value is -2.67. The Morgan fingerprint density at radius 2 is 1.88 bits per heavy atom. The highest BCUT2D eigenvalue weighted by Gasteiger charge is 2.32.